The maximum atomic E-state index is 11.9. The fourth-order valence-electron chi connectivity index (χ4n) is 0.790. The van der Waals surface area contributed by atoms with Crippen LogP contribution in [0.5, 0.6) is 0 Å². The second kappa shape index (κ2) is 4.34. The van der Waals surface area contributed by atoms with Crippen molar-refractivity contribution in [2.75, 3.05) is 0 Å². The average molecular weight is 256 g/mol. The molecular formula is C7H7F3N2O3S. The van der Waals surface area contributed by atoms with Gasteiger partial charge in [0, 0.05) is 6.20 Å². The molecule has 0 bridgehead atoms. The van der Waals surface area contributed by atoms with Gasteiger partial charge in [-0.3, -0.25) is 4.18 Å². The lowest BCUT2D eigenvalue weighted by atomic mass is 10.4. The molecule has 0 aromatic carbocycles. The molecule has 0 N–H and O–H groups in total. The summed E-state index contributed by atoms with van der Waals surface area (Å²) in [6, 6.07) is 1.26. The van der Waals surface area contributed by atoms with Crippen LogP contribution in [0.1, 0.15) is 11.5 Å². The number of halogens is 3. The highest BCUT2D eigenvalue weighted by Gasteiger charge is 2.47. The Kier molecular flexibility index (Phi) is 3.48. The summed E-state index contributed by atoms with van der Waals surface area (Å²) in [5.74, 6) is 0.311. The van der Waals surface area contributed by atoms with Crippen LogP contribution in [0.2, 0.25) is 0 Å². The van der Waals surface area contributed by atoms with E-state index in [-0.39, 0.29) is 5.69 Å². The molecule has 0 fully saturated rings. The lowest BCUT2D eigenvalue weighted by molar-refractivity contribution is -0.0548. The summed E-state index contributed by atoms with van der Waals surface area (Å²) in [7, 11) is -5.57. The predicted molar refractivity (Wildman–Crippen MR) is 46.5 cm³/mol. The van der Waals surface area contributed by atoms with Crippen LogP contribution in [0.15, 0.2) is 12.3 Å². The molecule has 0 amide bonds. The first-order valence-corrected chi connectivity index (χ1v) is 5.37. The second-order valence-corrected chi connectivity index (χ2v) is 4.36. The SMILES string of the molecule is Cc1nccc(COS(=O)(=O)C(F)(F)F)n1. The summed E-state index contributed by atoms with van der Waals surface area (Å²) in [6.45, 7) is 0.743. The zero-order chi connectivity index (χ0) is 12.4. The highest BCUT2D eigenvalue weighted by atomic mass is 32.2. The van der Waals surface area contributed by atoms with E-state index in [9.17, 15) is 21.6 Å². The molecule has 90 valence electrons. The van der Waals surface area contributed by atoms with Crippen molar-refractivity contribution >= 4 is 10.1 Å². The fourth-order valence-corrected chi connectivity index (χ4v) is 1.20. The van der Waals surface area contributed by atoms with Crippen molar-refractivity contribution in [2.24, 2.45) is 0 Å². The molecule has 1 aromatic rings. The minimum Gasteiger partial charge on any atom is -0.257 e. The first-order valence-electron chi connectivity index (χ1n) is 3.96. The lowest BCUT2D eigenvalue weighted by Gasteiger charge is -2.07. The number of nitrogens with zero attached hydrogens (tertiary/aromatic N) is 2. The summed E-state index contributed by atoms with van der Waals surface area (Å²) in [6.07, 6.45) is 1.29. The van der Waals surface area contributed by atoms with Crippen molar-refractivity contribution < 1.29 is 25.8 Å². The zero-order valence-corrected chi connectivity index (χ0v) is 8.84. The van der Waals surface area contributed by atoms with Crippen LogP contribution < -0.4 is 0 Å². The molecule has 1 aromatic heterocycles. The van der Waals surface area contributed by atoms with Crippen molar-refractivity contribution in [3.63, 3.8) is 0 Å². The highest BCUT2D eigenvalue weighted by molar-refractivity contribution is 7.87. The number of hydrogen-bond acceptors (Lipinski definition) is 5. The maximum Gasteiger partial charge on any atom is 0.523 e. The minimum absolute atomic E-state index is 0.0559. The molecule has 0 saturated heterocycles. The molecule has 1 heterocycles. The summed E-state index contributed by atoms with van der Waals surface area (Å²) < 4.78 is 60.4. The van der Waals surface area contributed by atoms with E-state index < -0.39 is 22.2 Å². The number of alkyl halides is 3. The van der Waals surface area contributed by atoms with Crippen LogP contribution in [-0.4, -0.2) is 23.9 Å². The Morgan fingerprint density at radius 2 is 2.06 bits per heavy atom. The van der Waals surface area contributed by atoms with Gasteiger partial charge in [-0.05, 0) is 13.0 Å². The quantitative estimate of drug-likeness (QED) is 0.599. The van der Waals surface area contributed by atoms with Gasteiger partial charge in [-0.1, -0.05) is 0 Å². The molecule has 9 heteroatoms. The standard InChI is InChI=1S/C7H7F3N2O3S/c1-5-11-3-2-6(12-5)4-15-16(13,14)7(8,9)10/h2-3H,4H2,1H3. The fraction of sp³-hybridized carbons (Fsp3) is 0.429. The molecule has 1 rings (SSSR count). The molecule has 0 unspecified atom stereocenters. The van der Waals surface area contributed by atoms with Crippen LogP contribution in [-0.2, 0) is 20.9 Å². The van der Waals surface area contributed by atoms with Crippen LogP contribution in [0.25, 0.3) is 0 Å². The molecule has 0 aliphatic heterocycles. The molecule has 0 spiro atoms. The van der Waals surface area contributed by atoms with E-state index >= 15 is 0 Å². The molecule has 0 radical (unpaired) electrons. The molecule has 5 nitrogen and oxygen atoms in total. The van der Waals surface area contributed by atoms with E-state index in [1.165, 1.54) is 19.2 Å². The average Bonchev–Trinajstić information content (AvgIpc) is 2.13. The van der Waals surface area contributed by atoms with Crippen LogP contribution in [0.4, 0.5) is 13.2 Å². The van der Waals surface area contributed by atoms with Crippen molar-refractivity contribution in [1.82, 2.24) is 9.97 Å². The zero-order valence-electron chi connectivity index (χ0n) is 8.02. The van der Waals surface area contributed by atoms with Gasteiger partial charge in [0.15, 0.2) is 0 Å². The van der Waals surface area contributed by atoms with Gasteiger partial charge in [-0.2, -0.15) is 21.6 Å². The topological polar surface area (TPSA) is 69.2 Å². The van der Waals surface area contributed by atoms with Gasteiger partial charge >= 0.3 is 15.6 Å². The summed E-state index contributed by atoms with van der Waals surface area (Å²) in [5.41, 5.74) is -5.37. The Morgan fingerprint density at radius 3 is 2.56 bits per heavy atom. The number of aryl methyl sites for hydroxylation is 1. The van der Waals surface area contributed by atoms with E-state index in [4.69, 9.17) is 0 Å². The van der Waals surface area contributed by atoms with Gasteiger partial charge in [0.2, 0.25) is 0 Å². The number of hydrogen-bond donors (Lipinski definition) is 0. The van der Waals surface area contributed by atoms with Gasteiger partial charge in [-0.15, -0.1) is 0 Å². The number of aromatic nitrogens is 2. The molecule has 0 aliphatic rings. The van der Waals surface area contributed by atoms with Gasteiger partial charge in [0.25, 0.3) is 0 Å². The third-order valence-corrected chi connectivity index (χ3v) is 2.47. The van der Waals surface area contributed by atoms with E-state index in [1.54, 1.807) is 0 Å². The van der Waals surface area contributed by atoms with Crippen molar-refractivity contribution in [3.8, 4) is 0 Å². The first kappa shape index (κ1) is 12.8. The van der Waals surface area contributed by atoms with E-state index in [0.29, 0.717) is 5.82 Å². The molecule has 0 aliphatic carbocycles. The first-order chi connectivity index (χ1) is 7.22. The van der Waals surface area contributed by atoms with Crippen molar-refractivity contribution in [1.29, 1.82) is 0 Å². The third kappa shape index (κ3) is 3.14. The smallest absolute Gasteiger partial charge is 0.257 e. The molecule has 16 heavy (non-hydrogen) atoms. The molecular weight excluding hydrogens is 249 g/mol. The van der Waals surface area contributed by atoms with Gasteiger partial charge < -0.3 is 0 Å². The van der Waals surface area contributed by atoms with Gasteiger partial charge in [0.05, 0.1) is 5.69 Å². The maximum absolute atomic E-state index is 11.9. The Balaban J connectivity index is 2.73. The normalized spacial score (nSPS) is 12.8. The monoisotopic (exact) mass is 256 g/mol. The van der Waals surface area contributed by atoms with Crippen LogP contribution >= 0.6 is 0 Å². The van der Waals surface area contributed by atoms with Gasteiger partial charge in [0.1, 0.15) is 12.4 Å². The Hall–Kier alpha value is -1.22. The summed E-state index contributed by atoms with van der Waals surface area (Å²) in [5, 5.41) is 0. The molecule has 0 atom stereocenters. The van der Waals surface area contributed by atoms with Crippen molar-refractivity contribution in [2.45, 2.75) is 19.0 Å². The Morgan fingerprint density at radius 1 is 1.44 bits per heavy atom. The van der Waals surface area contributed by atoms with E-state index in [0.717, 1.165) is 0 Å². The highest BCUT2D eigenvalue weighted by Crippen LogP contribution is 2.25. The predicted octanol–water partition coefficient (Wildman–Crippen LogP) is 1.15. The third-order valence-electron chi connectivity index (χ3n) is 1.48. The van der Waals surface area contributed by atoms with Crippen LogP contribution in [0, 0.1) is 6.92 Å². The van der Waals surface area contributed by atoms with Gasteiger partial charge in [-0.25, -0.2) is 9.97 Å². The Labute approximate surface area is 89.4 Å². The Bertz CT molecular complexity index is 472. The largest absolute Gasteiger partial charge is 0.523 e. The summed E-state index contributed by atoms with van der Waals surface area (Å²) >= 11 is 0. The van der Waals surface area contributed by atoms with E-state index in [1.807, 2.05) is 0 Å². The van der Waals surface area contributed by atoms with Crippen molar-refractivity contribution in [3.05, 3.63) is 23.8 Å². The second-order valence-electron chi connectivity index (χ2n) is 2.76. The minimum atomic E-state index is -5.57. The van der Waals surface area contributed by atoms with E-state index in [2.05, 4.69) is 14.2 Å². The summed E-state index contributed by atoms with van der Waals surface area (Å²) in [4.78, 5) is 7.39. The number of rotatable bonds is 3. The molecule has 0 saturated carbocycles. The lowest BCUT2D eigenvalue weighted by Crippen LogP contribution is -2.25. The van der Waals surface area contributed by atoms with Crippen LogP contribution in [0.3, 0.4) is 0 Å².